The fourth-order valence-electron chi connectivity index (χ4n) is 2.81. The van der Waals surface area contributed by atoms with Gasteiger partial charge >= 0.3 is 5.97 Å². The van der Waals surface area contributed by atoms with E-state index in [4.69, 9.17) is 0 Å². The van der Waals surface area contributed by atoms with Crippen molar-refractivity contribution < 1.29 is 14.7 Å². The highest BCUT2D eigenvalue weighted by Crippen LogP contribution is 2.40. The maximum atomic E-state index is 11.4. The number of carboxylic acid groups (broad SMARTS) is 1. The monoisotopic (exact) mass is 263 g/mol. The average molecular weight is 263 g/mol. The van der Waals surface area contributed by atoms with Crippen molar-refractivity contribution in [2.45, 2.75) is 52.5 Å². The number of ketones is 1. The zero-order valence-electron chi connectivity index (χ0n) is 11.8. The molecule has 104 valence electrons. The minimum atomic E-state index is -0.961. The van der Waals surface area contributed by atoms with Crippen LogP contribution in [0.4, 0.5) is 0 Å². The Hall–Kier alpha value is -1.58. The van der Waals surface area contributed by atoms with Crippen molar-refractivity contribution in [2.24, 2.45) is 5.41 Å². The molecule has 4 heteroatoms. The molecule has 1 N–H and O–H groups in total. The number of hydrogen-bond donors (Lipinski definition) is 1. The van der Waals surface area contributed by atoms with Gasteiger partial charge in [-0.1, -0.05) is 13.8 Å². The second-order valence-corrected chi connectivity index (χ2v) is 6.28. The van der Waals surface area contributed by atoms with E-state index < -0.39 is 5.97 Å². The fraction of sp³-hybridized carbons (Fsp3) is 0.600. The van der Waals surface area contributed by atoms with Crippen LogP contribution in [0.2, 0.25) is 0 Å². The molecular weight excluding hydrogens is 242 g/mol. The molecule has 1 aromatic rings. The summed E-state index contributed by atoms with van der Waals surface area (Å²) in [5.41, 5.74) is 1.06. The number of carbonyl (C=O) groups excluding carboxylic acids is 1. The molecule has 1 fully saturated rings. The van der Waals surface area contributed by atoms with Crippen LogP contribution < -0.4 is 0 Å². The summed E-state index contributed by atoms with van der Waals surface area (Å²) >= 11 is 0. The summed E-state index contributed by atoms with van der Waals surface area (Å²) in [4.78, 5) is 22.7. The molecule has 0 spiro atoms. The maximum Gasteiger partial charge on any atom is 0.352 e. The first kappa shape index (κ1) is 13.8. The van der Waals surface area contributed by atoms with E-state index in [1.165, 1.54) is 13.0 Å². The third kappa shape index (κ3) is 2.88. The average Bonchev–Trinajstić information content (AvgIpc) is 2.74. The largest absolute Gasteiger partial charge is 0.477 e. The molecular formula is C15H21NO3. The summed E-state index contributed by atoms with van der Waals surface area (Å²) in [6.07, 6.45) is 5.82. The Labute approximate surface area is 113 Å². The van der Waals surface area contributed by atoms with Gasteiger partial charge in [0.1, 0.15) is 5.69 Å². The number of aromatic carboxylic acids is 1. The van der Waals surface area contributed by atoms with Crippen LogP contribution in [0.1, 0.15) is 73.3 Å². The highest BCUT2D eigenvalue weighted by atomic mass is 16.4. The summed E-state index contributed by atoms with van der Waals surface area (Å²) in [6.45, 7) is 5.96. The number of hydrogen-bond acceptors (Lipinski definition) is 2. The molecule has 0 bridgehead atoms. The Kier molecular flexibility index (Phi) is 3.52. The van der Waals surface area contributed by atoms with Crippen LogP contribution >= 0.6 is 0 Å². The molecule has 0 aliphatic heterocycles. The number of aromatic nitrogens is 1. The molecule has 0 aromatic carbocycles. The predicted octanol–water partition coefficient (Wildman–Crippen LogP) is 3.53. The van der Waals surface area contributed by atoms with Crippen molar-refractivity contribution in [3.63, 3.8) is 0 Å². The number of carboxylic acids is 1. The normalized spacial score (nSPS) is 19.3. The summed E-state index contributed by atoms with van der Waals surface area (Å²) in [7, 11) is 0. The summed E-state index contributed by atoms with van der Waals surface area (Å²) < 4.78 is 1.79. The minimum Gasteiger partial charge on any atom is -0.477 e. The molecule has 1 heterocycles. The molecule has 0 unspecified atom stereocenters. The van der Waals surface area contributed by atoms with Crippen LogP contribution in [-0.2, 0) is 0 Å². The molecule has 19 heavy (non-hydrogen) atoms. The third-order valence-electron chi connectivity index (χ3n) is 4.18. The van der Waals surface area contributed by atoms with Crippen molar-refractivity contribution >= 4 is 11.8 Å². The van der Waals surface area contributed by atoms with Gasteiger partial charge in [0.2, 0.25) is 0 Å². The van der Waals surface area contributed by atoms with Gasteiger partial charge in [-0.2, -0.15) is 0 Å². The molecule has 0 amide bonds. The van der Waals surface area contributed by atoms with Crippen molar-refractivity contribution in [1.82, 2.24) is 4.57 Å². The molecule has 0 saturated heterocycles. The molecule has 1 saturated carbocycles. The van der Waals surface area contributed by atoms with Crippen LogP contribution in [0.3, 0.4) is 0 Å². The Morgan fingerprint density at radius 1 is 1.32 bits per heavy atom. The number of Topliss-reactive ketones (excluding diaryl/α,β-unsaturated/α-hetero) is 1. The van der Waals surface area contributed by atoms with Crippen molar-refractivity contribution in [3.05, 3.63) is 23.5 Å². The fourth-order valence-corrected chi connectivity index (χ4v) is 2.81. The molecule has 4 nitrogen and oxygen atoms in total. The summed E-state index contributed by atoms with van der Waals surface area (Å²) in [6, 6.07) is 1.69. The van der Waals surface area contributed by atoms with Crippen LogP contribution in [0.15, 0.2) is 12.3 Å². The lowest BCUT2D eigenvalue weighted by Crippen LogP contribution is -2.24. The third-order valence-corrected chi connectivity index (χ3v) is 4.18. The van der Waals surface area contributed by atoms with Gasteiger partial charge in [-0.25, -0.2) is 4.79 Å². The number of nitrogens with zero attached hydrogens (tertiary/aromatic N) is 1. The van der Waals surface area contributed by atoms with Crippen LogP contribution in [-0.4, -0.2) is 21.4 Å². The van der Waals surface area contributed by atoms with Crippen LogP contribution in [0.25, 0.3) is 0 Å². The van der Waals surface area contributed by atoms with Crippen LogP contribution in [0.5, 0.6) is 0 Å². The second-order valence-electron chi connectivity index (χ2n) is 6.28. The Balaban J connectivity index is 2.29. The van der Waals surface area contributed by atoms with Gasteiger partial charge in [0, 0.05) is 17.8 Å². The molecule has 1 aliphatic carbocycles. The van der Waals surface area contributed by atoms with Gasteiger partial charge < -0.3 is 9.67 Å². The van der Waals surface area contributed by atoms with Gasteiger partial charge in [-0.15, -0.1) is 0 Å². The molecule has 1 aliphatic rings. The molecule has 2 rings (SSSR count). The zero-order valence-corrected chi connectivity index (χ0v) is 11.8. The highest BCUT2D eigenvalue weighted by Gasteiger charge is 2.29. The Morgan fingerprint density at radius 3 is 2.37 bits per heavy atom. The van der Waals surface area contributed by atoms with E-state index in [1.54, 1.807) is 10.8 Å². The SMILES string of the molecule is CC(=O)c1cc(C(=O)O)n(C2CCC(C)(C)CC2)c1. The first-order chi connectivity index (χ1) is 8.80. The van der Waals surface area contributed by atoms with Crippen LogP contribution in [0, 0.1) is 5.41 Å². The lowest BCUT2D eigenvalue weighted by molar-refractivity contribution is 0.0678. The summed E-state index contributed by atoms with van der Waals surface area (Å²) in [5, 5.41) is 9.26. The first-order valence-electron chi connectivity index (χ1n) is 6.76. The van der Waals surface area contributed by atoms with E-state index in [-0.39, 0.29) is 17.5 Å². The quantitative estimate of drug-likeness (QED) is 0.849. The van der Waals surface area contributed by atoms with Crippen molar-refractivity contribution in [3.8, 4) is 0 Å². The van der Waals surface area contributed by atoms with E-state index in [1.807, 2.05) is 0 Å². The standard InChI is InChI=1S/C15H21NO3/c1-10(17)11-8-13(14(18)19)16(9-11)12-4-6-15(2,3)7-5-12/h8-9,12H,4-7H2,1-3H3,(H,18,19). The number of carbonyl (C=O) groups is 2. The zero-order chi connectivity index (χ0) is 14.2. The number of rotatable bonds is 3. The highest BCUT2D eigenvalue weighted by molar-refractivity contribution is 5.97. The summed E-state index contributed by atoms with van der Waals surface area (Å²) in [5.74, 6) is -1.05. The molecule has 0 atom stereocenters. The topological polar surface area (TPSA) is 59.3 Å². The molecule has 0 radical (unpaired) electrons. The minimum absolute atomic E-state index is 0.0858. The van der Waals surface area contributed by atoms with E-state index >= 15 is 0 Å². The maximum absolute atomic E-state index is 11.4. The molecule has 1 aromatic heterocycles. The first-order valence-corrected chi connectivity index (χ1v) is 6.76. The van der Waals surface area contributed by atoms with E-state index in [9.17, 15) is 14.7 Å². The van der Waals surface area contributed by atoms with Gasteiger partial charge in [-0.05, 0) is 44.1 Å². The van der Waals surface area contributed by atoms with E-state index in [2.05, 4.69) is 13.8 Å². The lowest BCUT2D eigenvalue weighted by atomic mass is 9.75. The van der Waals surface area contributed by atoms with E-state index in [0.717, 1.165) is 25.7 Å². The predicted molar refractivity (Wildman–Crippen MR) is 72.7 cm³/mol. The Bertz CT molecular complexity index is 503. The van der Waals surface area contributed by atoms with Gasteiger partial charge in [0.05, 0.1) is 0 Å². The van der Waals surface area contributed by atoms with Gasteiger partial charge in [0.15, 0.2) is 5.78 Å². The lowest BCUT2D eigenvalue weighted by Gasteiger charge is -2.35. The van der Waals surface area contributed by atoms with Crippen molar-refractivity contribution in [2.75, 3.05) is 0 Å². The van der Waals surface area contributed by atoms with Crippen molar-refractivity contribution in [1.29, 1.82) is 0 Å². The van der Waals surface area contributed by atoms with E-state index in [0.29, 0.717) is 11.0 Å². The van der Waals surface area contributed by atoms with Gasteiger partial charge in [0.25, 0.3) is 0 Å². The Morgan fingerprint density at radius 2 is 1.89 bits per heavy atom. The van der Waals surface area contributed by atoms with Gasteiger partial charge in [-0.3, -0.25) is 4.79 Å². The smallest absolute Gasteiger partial charge is 0.352 e. The second kappa shape index (κ2) is 4.83.